The molecule has 0 saturated heterocycles. The molecule has 162 valence electrons. The van der Waals surface area contributed by atoms with Gasteiger partial charge < -0.3 is 5.73 Å². The van der Waals surface area contributed by atoms with E-state index in [2.05, 4.69) is 34.6 Å². The van der Waals surface area contributed by atoms with E-state index in [0.29, 0.717) is 6.04 Å². The predicted molar refractivity (Wildman–Crippen MR) is 121 cm³/mol. The Balaban J connectivity index is 1.44. The fraction of sp³-hybridized carbons (Fsp3) is 1.00. The van der Waals surface area contributed by atoms with E-state index in [1.54, 1.807) is 19.3 Å². The Morgan fingerprint density at radius 3 is 2.07 bits per heavy atom. The average Bonchev–Trinajstić information content (AvgIpc) is 3.63. The van der Waals surface area contributed by atoms with E-state index in [9.17, 15) is 0 Å². The van der Waals surface area contributed by atoms with Crippen molar-refractivity contribution in [1.29, 1.82) is 0 Å². The quantitative estimate of drug-likeness (QED) is 0.400. The highest BCUT2D eigenvalue weighted by atomic mass is 14.8. The maximum Gasteiger partial charge on any atom is 0.00737 e. The summed E-state index contributed by atoms with van der Waals surface area (Å²) in [5, 5.41) is 0. The summed E-state index contributed by atoms with van der Waals surface area (Å²) in [6.07, 6.45) is 14.8. The van der Waals surface area contributed by atoms with Gasteiger partial charge in [0.05, 0.1) is 0 Å². The van der Waals surface area contributed by atoms with E-state index in [-0.39, 0.29) is 0 Å². The summed E-state index contributed by atoms with van der Waals surface area (Å²) in [4.78, 5) is 0. The van der Waals surface area contributed by atoms with Crippen molar-refractivity contribution in [2.24, 2.45) is 70.8 Å². The van der Waals surface area contributed by atoms with Crippen molar-refractivity contribution in [1.82, 2.24) is 0 Å². The molecule has 0 aromatic heterocycles. The zero-order valence-corrected chi connectivity index (χ0v) is 19.6. The molecule has 4 rings (SSSR count). The second-order valence-electron chi connectivity index (χ2n) is 11.9. The highest BCUT2D eigenvalue weighted by Gasteiger charge is 2.57. The van der Waals surface area contributed by atoms with Gasteiger partial charge in [0.2, 0.25) is 0 Å². The first kappa shape index (κ1) is 21.2. The van der Waals surface area contributed by atoms with E-state index in [4.69, 9.17) is 5.73 Å². The van der Waals surface area contributed by atoms with Crippen LogP contribution in [-0.2, 0) is 0 Å². The van der Waals surface area contributed by atoms with Crippen LogP contribution in [0.1, 0.15) is 98.8 Å². The topological polar surface area (TPSA) is 26.0 Å². The Hall–Kier alpha value is -0.0400. The molecule has 11 unspecified atom stereocenters. The second kappa shape index (κ2) is 8.60. The molecule has 0 aromatic rings. The third-order valence-electron chi connectivity index (χ3n) is 10.3. The molecule has 0 radical (unpaired) electrons. The molecule has 0 spiro atoms. The van der Waals surface area contributed by atoms with Gasteiger partial charge in [-0.1, -0.05) is 73.1 Å². The van der Waals surface area contributed by atoms with Crippen LogP contribution in [0.5, 0.6) is 0 Å². The van der Waals surface area contributed by atoms with Crippen LogP contribution in [0.15, 0.2) is 0 Å². The van der Waals surface area contributed by atoms with Crippen LogP contribution in [0.25, 0.3) is 0 Å². The molecule has 4 fully saturated rings. The molecule has 4 aliphatic rings. The van der Waals surface area contributed by atoms with Crippen LogP contribution in [0, 0.1) is 65.1 Å². The summed E-state index contributed by atoms with van der Waals surface area (Å²) >= 11 is 0. The van der Waals surface area contributed by atoms with Crippen LogP contribution in [0.2, 0.25) is 0 Å². The molecule has 0 bridgehead atoms. The van der Waals surface area contributed by atoms with Gasteiger partial charge in [0, 0.05) is 6.04 Å². The Kier molecular flexibility index (Phi) is 6.51. The van der Waals surface area contributed by atoms with E-state index in [0.717, 1.165) is 65.1 Å². The summed E-state index contributed by atoms with van der Waals surface area (Å²) < 4.78 is 0. The normalized spacial score (nSPS) is 42.6. The van der Waals surface area contributed by atoms with Gasteiger partial charge in [-0.3, -0.25) is 0 Å². The molecule has 0 aliphatic heterocycles. The van der Waals surface area contributed by atoms with Crippen molar-refractivity contribution in [3.63, 3.8) is 0 Å². The first-order valence-corrected chi connectivity index (χ1v) is 13.2. The number of hydrogen-bond acceptors (Lipinski definition) is 1. The molecule has 28 heavy (non-hydrogen) atoms. The molecule has 1 nitrogen and oxygen atoms in total. The molecule has 0 aromatic carbocycles. The van der Waals surface area contributed by atoms with Crippen LogP contribution < -0.4 is 5.73 Å². The van der Waals surface area contributed by atoms with Crippen molar-refractivity contribution in [2.75, 3.05) is 0 Å². The van der Waals surface area contributed by atoms with Gasteiger partial charge in [-0.15, -0.1) is 0 Å². The second-order valence-corrected chi connectivity index (χ2v) is 11.9. The molecule has 2 N–H and O–H groups in total. The lowest BCUT2D eigenvalue weighted by Crippen LogP contribution is -2.29. The first-order valence-electron chi connectivity index (χ1n) is 13.2. The zero-order chi connectivity index (χ0) is 20.0. The van der Waals surface area contributed by atoms with Crippen molar-refractivity contribution < 1.29 is 0 Å². The number of hydrogen-bond donors (Lipinski definition) is 1. The molecule has 0 heterocycles. The van der Waals surface area contributed by atoms with Crippen molar-refractivity contribution >= 4 is 0 Å². The van der Waals surface area contributed by atoms with Crippen molar-refractivity contribution in [2.45, 2.75) is 105 Å². The Bertz CT molecular complexity index is 508. The van der Waals surface area contributed by atoms with Gasteiger partial charge in [0.15, 0.2) is 0 Å². The lowest BCUT2D eigenvalue weighted by atomic mass is 9.70. The molecular formula is C27H49N. The molecular weight excluding hydrogens is 338 g/mol. The Morgan fingerprint density at radius 1 is 0.821 bits per heavy atom. The lowest BCUT2D eigenvalue weighted by Gasteiger charge is -2.35. The van der Waals surface area contributed by atoms with Crippen molar-refractivity contribution in [3.05, 3.63) is 0 Å². The van der Waals surface area contributed by atoms with Gasteiger partial charge in [-0.2, -0.15) is 0 Å². The highest BCUT2D eigenvalue weighted by Crippen LogP contribution is 2.63. The fourth-order valence-electron chi connectivity index (χ4n) is 7.94. The summed E-state index contributed by atoms with van der Waals surface area (Å²) in [6.45, 7) is 12.6. The van der Waals surface area contributed by atoms with Crippen LogP contribution in [0.3, 0.4) is 0 Å². The molecule has 0 amide bonds. The predicted octanol–water partition coefficient (Wildman–Crippen LogP) is 7.15. The van der Waals surface area contributed by atoms with Crippen LogP contribution in [0.4, 0.5) is 0 Å². The summed E-state index contributed by atoms with van der Waals surface area (Å²) in [5.41, 5.74) is 6.23. The third kappa shape index (κ3) is 4.35. The summed E-state index contributed by atoms with van der Waals surface area (Å²) in [5.74, 6) is 10.9. The minimum atomic E-state index is 0.532. The Morgan fingerprint density at radius 2 is 1.50 bits per heavy atom. The van der Waals surface area contributed by atoms with Gasteiger partial charge in [-0.25, -0.2) is 0 Å². The van der Waals surface area contributed by atoms with E-state index >= 15 is 0 Å². The standard InChI is InChI=1S/C27H49N/c1-6-16(3)12-19(7-2)27(25-14-21(25)17(4)23-15-26(23)28)18(5)22-13-24(22)20-10-8-9-11-20/h16-27H,6-15,28H2,1-5H3. The fourth-order valence-corrected chi connectivity index (χ4v) is 7.94. The third-order valence-corrected chi connectivity index (χ3v) is 10.3. The van der Waals surface area contributed by atoms with E-state index < -0.39 is 0 Å². The SMILES string of the molecule is CCC(C)CC(CC)C(C(C)C1CC1C1CCCC1)C1CC1C(C)C1CC1N. The van der Waals surface area contributed by atoms with Gasteiger partial charge >= 0.3 is 0 Å². The molecule has 11 atom stereocenters. The van der Waals surface area contributed by atoms with Crippen molar-refractivity contribution in [3.8, 4) is 0 Å². The molecule has 1 heteroatoms. The molecule has 4 saturated carbocycles. The van der Waals surface area contributed by atoms with Gasteiger partial charge in [0.25, 0.3) is 0 Å². The number of nitrogens with two attached hydrogens (primary N) is 1. The van der Waals surface area contributed by atoms with Crippen LogP contribution in [-0.4, -0.2) is 6.04 Å². The zero-order valence-electron chi connectivity index (χ0n) is 19.6. The highest BCUT2D eigenvalue weighted by molar-refractivity contribution is 5.07. The minimum Gasteiger partial charge on any atom is -0.327 e. The van der Waals surface area contributed by atoms with E-state index in [1.165, 1.54) is 44.9 Å². The van der Waals surface area contributed by atoms with Gasteiger partial charge in [0.1, 0.15) is 0 Å². The first-order chi connectivity index (χ1) is 13.5. The number of rotatable bonds is 11. The molecule has 4 aliphatic carbocycles. The largest absolute Gasteiger partial charge is 0.327 e. The monoisotopic (exact) mass is 387 g/mol. The minimum absolute atomic E-state index is 0.532. The van der Waals surface area contributed by atoms with Crippen LogP contribution >= 0.6 is 0 Å². The average molecular weight is 388 g/mol. The maximum atomic E-state index is 6.23. The smallest absolute Gasteiger partial charge is 0.00737 e. The lowest BCUT2D eigenvalue weighted by molar-refractivity contribution is 0.137. The van der Waals surface area contributed by atoms with E-state index in [1.807, 2.05) is 0 Å². The van der Waals surface area contributed by atoms with Gasteiger partial charge in [-0.05, 0) is 90.8 Å². The Labute approximate surface area is 176 Å². The maximum absolute atomic E-state index is 6.23. The summed E-state index contributed by atoms with van der Waals surface area (Å²) in [7, 11) is 0. The summed E-state index contributed by atoms with van der Waals surface area (Å²) in [6, 6.07) is 0.532.